The number of fused-ring (bicyclic) bond motifs is 1. The van der Waals surface area contributed by atoms with Gasteiger partial charge in [-0.1, -0.05) is 51.2 Å². The van der Waals surface area contributed by atoms with Gasteiger partial charge < -0.3 is 44.2 Å². The fourth-order valence-electron chi connectivity index (χ4n) is 4.57. The largest absolute Gasteiger partial charge is 0.507 e. The molecule has 1 aliphatic heterocycles. The van der Waals surface area contributed by atoms with Crippen molar-refractivity contribution in [2.45, 2.75) is 76.2 Å². The Morgan fingerprint density at radius 1 is 0.897 bits per heavy atom. The van der Waals surface area contributed by atoms with Gasteiger partial charge in [0.2, 0.25) is 11.7 Å². The molecule has 5 N–H and O–H groups in total. The van der Waals surface area contributed by atoms with Crippen LogP contribution >= 0.6 is 0 Å². The van der Waals surface area contributed by atoms with Crippen LogP contribution in [0.3, 0.4) is 0 Å². The van der Waals surface area contributed by atoms with Crippen LogP contribution in [-0.4, -0.2) is 69.5 Å². The highest BCUT2D eigenvalue weighted by Gasteiger charge is 2.44. The van der Waals surface area contributed by atoms with Gasteiger partial charge in [-0.25, -0.2) is 0 Å². The van der Waals surface area contributed by atoms with Crippen molar-refractivity contribution in [3.05, 3.63) is 52.9 Å². The minimum Gasteiger partial charge on any atom is -0.507 e. The zero-order chi connectivity index (χ0) is 27.9. The number of benzene rings is 2. The van der Waals surface area contributed by atoms with Gasteiger partial charge in [-0.15, -0.1) is 0 Å². The first-order valence-corrected chi connectivity index (χ1v) is 13.3. The maximum absolute atomic E-state index is 13.2. The van der Waals surface area contributed by atoms with Crippen LogP contribution < -0.4 is 14.9 Å². The molecule has 0 spiro atoms. The molecule has 5 atom stereocenters. The summed E-state index contributed by atoms with van der Waals surface area (Å²) in [5.41, 5.74) is 0.510. The smallest absolute Gasteiger partial charge is 0.229 e. The number of aromatic hydroxyl groups is 1. The van der Waals surface area contributed by atoms with E-state index in [-0.39, 0.29) is 28.0 Å². The maximum atomic E-state index is 13.2. The summed E-state index contributed by atoms with van der Waals surface area (Å²) in [5, 5.41) is 50.0. The first-order chi connectivity index (χ1) is 18.8. The molecule has 0 bridgehead atoms. The molecule has 0 amide bonds. The molecule has 3 aromatic rings. The van der Waals surface area contributed by atoms with Crippen LogP contribution in [0.1, 0.15) is 45.4 Å². The summed E-state index contributed by atoms with van der Waals surface area (Å²) < 4.78 is 22.4. The lowest BCUT2D eigenvalue weighted by molar-refractivity contribution is -0.277. The van der Waals surface area contributed by atoms with Crippen LogP contribution in [0.2, 0.25) is 0 Å². The molecule has 0 unspecified atom stereocenters. The van der Waals surface area contributed by atoms with Crippen LogP contribution in [0.5, 0.6) is 17.2 Å². The number of ether oxygens (including phenoxy) is 3. The lowest BCUT2D eigenvalue weighted by atomic mass is 9.99. The van der Waals surface area contributed by atoms with E-state index >= 15 is 0 Å². The lowest BCUT2D eigenvalue weighted by Crippen LogP contribution is -2.60. The van der Waals surface area contributed by atoms with Gasteiger partial charge in [-0.05, 0) is 24.1 Å². The topological polar surface area (TPSA) is 159 Å². The Morgan fingerprint density at radius 2 is 1.62 bits per heavy atom. The number of phenols is 1. The third-order valence-electron chi connectivity index (χ3n) is 6.86. The van der Waals surface area contributed by atoms with E-state index in [0.717, 1.165) is 12.8 Å². The van der Waals surface area contributed by atoms with Gasteiger partial charge >= 0.3 is 0 Å². The predicted molar refractivity (Wildman–Crippen MR) is 143 cm³/mol. The fraction of sp³-hybridized carbons (Fsp3) is 0.483. The zero-order valence-corrected chi connectivity index (χ0v) is 21.9. The molecule has 1 fully saturated rings. The van der Waals surface area contributed by atoms with Crippen LogP contribution in [0.15, 0.2) is 51.9 Å². The van der Waals surface area contributed by atoms with Gasteiger partial charge in [-0.3, -0.25) is 4.79 Å². The average Bonchev–Trinajstić information content (AvgIpc) is 2.93. The summed E-state index contributed by atoms with van der Waals surface area (Å²) in [6.07, 6.45) is 1.10. The second kappa shape index (κ2) is 13.3. The second-order valence-corrected chi connectivity index (χ2v) is 9.75. The first-order valence-electron chi connectivity index (χ1n) is 13.3. The number of rotatable bonds is 12. The molecule has 10 heteroatoms. The van der Waals surface area contributed by atoms with E-state index in [1.165, 1.54) is 50.1 Å². The van der Waals surface area contributed by atoms with Crippen LogP contribution in [-0.2, 0) is 4.74 Å². The Labute approximate surface area is 226 Å². The highest BCUT2D eigenvalue weighted by atomic mass is 16.7. The number of phenolic OH excluding ortho intramolecular Hbond substituents is 1. The molecular formula is C29H36O10. The quantitative estimate of drug-likeness (QED) is 0.215. The predicted octanol–water partition coefficient (Wildman–Crippen LogP) is 3.08. The van der Waals surface area contributed by atoms with E-state index in [2.05, 4.69) is 6.92 Å². The molecule has 0 saturated carbocycles. The lowest BCUT2D eigenvalue weighted by Gasteiger charge is -2.39. The fourth-order valence-corrected chi connectivity index (χ4v) is 4.57. The number of unbranched alkanes of at least 4 members (excludes halogenated alkanes) is 5. The Hall–Kier alpha value is -3.15. The average molecular weight is 545 g/mol. The SMILES string of the molecule is CCCCCCCCOc1cc(O)c2c(=O)c(-c3ccc(O[C@@H]4O[C@@H](CO)[C@@H](O)[C@@H](O)[C@H]4O)cc3)coc2c1. The van der Waals surface area contributed by atoms with Gasteiger partial charge in [-0.2, -0.15) is 0 Å². The van der Waals surface area contributed by atoms with E-state index in [1.54, 1.807) is 18.2 Å². The summed E-state index contributed by atoms with van der Waals surface area (Å²) in [7, 11) is 0. The number of hydrogen-bond donors (Lipinski definition) is 5. The first kappa shape index (κ1) is 28.8. The Kier molecular flexibility index (Phi) is 9.82. The van der Waals surface area contributed by atoms with E-state index in [4.69, 9.17) is 18.6 Å². The van der Waals surface area contributed by atoms with Gasteiger partial charge in [0.1, 0.15) is 58.9 Å². The molecule has 4 rings (SSSR count). The molecule has 2 aromatic carbocycles. The number of aliphatic hydroxyl groups excluding tert-OH is 4. The van der Waals surface area contributed by atoms with E-state index in [1.807, 2.05) is 0 Å². The van der Waals surface area contributed by atoms with Crippen molar-refractivity contribution in [1.29, 1.82) is 0 Å². The van der Waals surface area contributed by atoms with Crippen LogP contribution in [0, 0.1) is 0 Å². The molecule has 10 nitrogen and oxygen atoms in total. The molecule has 1 aliphatic rings. The molecule has 39 heavy (non-hydrogen) atoms. The van der Waals surface area contributed by atoms with Crippen molar-refractivity contribution in [3.8, 4) is 28.4 Å². The molecule has 2 heterocycles. The second-order valence-electron chi connectivity index (χ2n) is 9.75. The summed E-state index contributed by atoms with van der Waals surface area (Å²) in [6, 6.07) is 9.24. The molecule has 0 radical (unpaired) electrons. The molecule has 1 aromatic heterocycles. The summed E-state index contributed by atoms with van der Waals surface area (Å²) in [6.45, 7) is 2.12. The number of hydrogen-bond acceptors (Lipinski definition) is 10. The Morgan fingerprint density at radius 3 is 2.33 bits per heavy atom. The highest BCUT2D eigenvalue weighted by Crippen LogP contribution is 2.31. The van der Waals surface area contributed by atoms with Crippen molar-refractivity contribution in [1.82, 2.24) is 0 Å². The number of aliphatic hydroxyl groups is 4. The molecule has 0 aliphatic carbocycles. The van der Waals surface area contributed by atoms with E-state index in [0.29, 0.717) is 17.9 Å². The van der Waals surface area contributed by atoms with Crippen molar-refractivity contribution >= 4 is 11.0 Å². The highest BCUT2D eigenvalue weighted by molar-refractivity contribution is 5.88. The van der Waals surface area contributed by atoms with Gasteiger partial charge in [0.25, 0.3) is 0 Å². The molecular weight excluding hydrogens is 508 g/mol. The van der Waals surface area contributed by atoms with Crippen molar-refractivity contribution in [3.63, 3.8) is 0 Å². The summed E-state index contributed by atoms with van der Waals surface area (Å²) in [4.78, 5) is 13.2. The zero-order valence-electron chi connectivity index (χ0n) is 21.9. The van der Waals surface area contributed by atoms with Crippen LogP contribution in [0.4, 0.5) is 0 Å². The van der Waals surface area contributed by atoms with E-state index in [9.17, 15) is 30.3 Å². The van der Waals surface area contributed by atoms with Gasteiger partial charge in [0.15, 0.2) is 0 Å². The third-order valence-corrected chi connectivity index (χ3v) is 6.86. The van der Waals surface area contributed by atoms with Crippen molar-refractivity contribution < 1.29 is 44.2 Å². The molecule has 1 saturated heterocycles. The standard InChI is InChI=1S/C29H36O10/c1-2-3-4-5-6-7-12-36-19-13-21(31)24-22(14-19)37-16-20(25(24)32)17-8-10-18(11-9-17)38-29-28(35)27(34)26(33)23(15-30)39-29/h8-11,13-14,16,23,26-31,33-35H,2-7,12,15H2,1H3/t23-,26+,27+,28+,29+/m0/s1. The monoisotopic (exact) mass is 544 g/mol. The maximum Gasteiger partial charge on any atom is 0.229 e. The summed E-state index contributed by atoms with van der Waals surface area (Å²) in [5.74, 6) is 0.450. The van der Waals surface area contributed by atoms with Gasteiger partial charge in [0.05, 0.1) is 18.8 Å². The molecule has 212 valence electrons. The van der Waals surface area contributed by atoms with Crippen molar-refractivity contribution in [2.24, 2.45) is 0 Å². The minimum atomic E-state index is -1.56. The van der Waals surface area contributed by atoms with Crippen LogP contribution in [0.25, 0.3) is 22.1 Å². The minimum absolute atomic E-state index is 0.0426. The Balaban J connectivity index is 1.44. The van der Waals surface area contributed by atoms with Crippen molar-refractivity contribution in [2.75, 3.05) is 13.2 Å². The normalized spacial score (nSPS) is 23.2. The third kappa shape index (κ3) is 6.71. The Bertz CT molecular complexity index is 1270. The van der Waals surface area contributed by atoms with Gasteiger partial charge in [0, 0.05) is 12.1 Å². The van der Waals surface area contributed by atoms with E-state index < -0.39 is 42.7 Å². The summed E-state index contributed by atoms with van der Waals surface area (Å²) >= 11 is 0.